The fraction of sp³-hybridized carbons (Fsp3) is 0.429. The van der Waals surface area contributed by atoms with Gasteiger partial charge in [-0.05, 0) is 19.5 Å². The second-order valence-electron chi connectivity index (χ2n) is 2.07. The minimum atomic E-state index is 0.988. The van der Waals surface area contributed by atoms with Crippen molar-refractivity contribution in [2.45, 2.75) is 13.3 Å². The van der Waals surface area contributed by atoms with Gasteiger partial charge in [0, 0.05) is 6.54 Å². The van der Waals surface area contributed by atoms with Crippen LogP contribution in [0, 0.1) is 0 Å². The molecular formula is C7H11N. The minimum absolute atomic E-state index is 0.988. The van der Waals surface area contributed by atoms with Crippen molar-refractivity contribution in [3.8, 4) is 0 Å². The van der Waals surface area contributed by atoms with Gasteiger partial charge in [0.05, 0.1) is 0 Å². The van der Waals surface area contributed by atoms with E-state index in [1.807, 2.05) is 6.20 Å². The van der Waals surface area contributed by atoms with E-state index in [-0.39, 0.29) is 0 Å². The molecule has 1 heteroatoms. The van der Waals surface area contributed by atoms with Gasteiger partial charge < -0.3 is 5.32 Å². The molecule has 0 aromatic rings. The largest absolute Gasteiger partial charge is 0.388 e. The molecule has 8 heavy (non-hydrogen) atoms. The Bertz CT molecular complexity index is 122. The quantitative estimate of drug-likeness (QED) is 0.464. The molecule has 1 aliphatic rings. The van der Waals surface area contributed by atoms with Crippen LogP contribution in [-0.4, -0.2) is 6.54 Å². The lowest BCUT2D eigenvalue weighted by Gasteiger charge is -1.89. The topological polar surface area (TPSA) is 12.0 Å². The number of rotatable bonds is 0. The average molecular weight is 109 g/mol. The summed E-state index contributed by atoms with van der Waals surface area (Å²) >= 11 is 0. The number of nitrogens with one attached hydrogen (secondary N) is 1. The zero-order valence-corrected chi connectivity index (χ0v) is 5.15. The van der Waals surface area contributed by atoms with E-state index < -0.39 is 0 Å². The van der Waals surface area contributed by atoms with Crippen LogP contribution in [0.2, 0.25) is 0 Å². The highest BCUT2D eigenvalue weighted by molar-refractivity contribution is 5.08. The Kier molecular flexibility index (Phi) is 1.73. The summed E-state index contributed by atoms with van der Waals surface area (Å²) in [5.74, 6) is 0. The molecule has 0 aromatic heterocycles. The van der Waals surface area contributed by atoms with Gasteiger partial charge in [-0.25, -0.2) is 0 Å². The van der Waals surface area contributed by atoms with Crippen molar-refractivity contribution in [2.24, 2.45) is 0 Å². The summed E-state index contributed by atoms with van der Waals surface area (Å²) in [7, 11) is 0. The van der Waals surface area contributed by atoms with E-state index >= 15 is 0 Å². The Hall–Kier alpha value is -0.720. The van der Waals surface area contributed by atoms with Gasteiger partial charge in [-0.1, -0.05) is 17.7 Å². The zero-order valence-electron chi connectivity index (χ0n) is 5.15. The maximum absolute atomic E-state index is 3.12. The molecule has 0 amide bonds. The van der Waals surface area contributed by atoms with E-state index in [1.54, 1.807) is 0 Å². The van der Waals surface area contributed by atoms with Crippen molar-refractivity contribution in [3.63, 3.8) is 0 Å². The first-order valence-corrected chi connectivity index (χ1v) is 2.93. The lowest BCUT2D eigenvalue weighted by atomic mass is 10.2. The van der Waals surface area contributed by atoms with Gasteiger partial charge in [0.15, 0.2) is 0 Å². The average Bonchev–Trinajstić information content (AvgIpc) is 1.94. The molecule has 0 saturated carbocycles. The number of hydrogen-bond acceptors (Lipinski definition) is 1. The molecule has 1 nitrogen and oxygen atoms in total. The lowest BCUT2D eigenvalue weighted by molar-refractivity contribution is 0.988. The SMILES string of the molecule is CC1=CCNC=CC1. The molecule has 1 aliphatic heterocycles. The highest BCUT2D eigenvalue weighted by atomic mass is 14.8. The maximum atomic E-state index is 3.12. The molecule has 0 aromatic carbocycles. The first-order valence-electron chi connectivity index (χ1n) is 2.93. The van der Waals surface area contributed by atoms with E-state index in [0.717, 1.165) is 13.0 Å². The molecule has 1 rings (SSSR count). The highest BCUT2D eigenvalue weighted by Gasteiger charge is 1.87. The van der Waals surface area contributed by atoms with E-state index in [0.29, 0.717) is 0 Å². The molecule has 0 unspecified atom stereocenters. The van der Waals surface area contributed by atoms with Crippen LogP contribution in [0.25, 0.3) is 0 Å². The molecule has 0 atom stereocenters. The molecule has 0 bridgehead atoms. The fourth-order valence-corrected chi connectivity index (χ4v) is 0.713. The van der Waals surface area contributed by atoms with Crippen molar-refractivity contribution in [3.05, 3.63) is 23.9 Å². The van der Waals surface area contributed by atoms with Gasteiger partial charge in [-0.15, -0.1) is 0 Å². The van der Waals surface area contributed by atoms with E-state index in [9.17, 15) is 0 Å². The Labute approximate surface area is 50.1 Å². The van der Waals surface area contributed by atoms with Crippen LogP contribution < -0.4 is 5.32 Å². The second-order valence-corrected chi connectivity index (χ2v) is 2.07. The summed E-state index contributed by atoms with van der Waals surface area (Å²) in [6, 6.07) is 0. The van der Waals surface area contributed by atoms with Crippen LogP contribution in [-0.2, 0) is 0 Å². The first-order chi connectivity index (χ1) is 3.89. The molecule has 0 fully saturated rings. The third-order valence-corrected chi connectivity index (χ3v) is 1.24. The molecule has 0 saturated heterocycles. The molecule has 0 radical (unpaired) electrons. The Balaban J connectivity index is 2.51. The van der Waals surface area contributed by atoms with Crippen LogP contribution in [0.1, 0.15) is 13.3 Å². The van der Waals surface area contributed by atoms with Crippen LogP contribution in [0.3, 0.4) is 0 Å². The predicted octanol–water partition coefficient (Wildman–Crippen LogP) is 1.44. The maximum Gasteiger partial charge on any atom is 0.0327 e. The summed E-state index contributed by atoms with van der Waals surface area (Å²) in [4.78, 5) is 0. The number of allylic oxidation sites excluding steroid dienone is 2. The predicted molar refractivity (Wildman–Crippen MR) is 35.5 cm³/mol. The summed E-state index contributed by atoms with van der Waals surface area (Å²) < 4.78 is 0. The summed E-state index contributed by atoms with van der Waals surface area (Å²) in [6.45, 7) is 3.14. The monoisotopic (exact) mass is 109 g/mol. The van der Waals surface area contributed by atoms with Crippen molar-refractivity contribution < 1.29 is 0 Å². The van der Waals surface area contributed by atoms with Gasteiger partial charge in [-0.3, -0.25) is 0 Å². The molecular weight excluding hydrogens is 98.1 g/mol. The fourth-order valence-electron chi connectivity index (χ4n) is 0.713. The smallest absolute Gasteiger partial charge is 0.0327 e. The second kappa shape index (κ2) is 2.55. The van der Waals surface area contributed by atoms with Gasteiger partial charge in [0.25, 0.3) is 0 Å². The van der Waals surface area contributed by atoms with Gasteiger partial charge in [0.1, 0.15) is 0 Å². The minimum Gasteiger partial charge on any atom is -0.388 e. The van der Waals surface area contributed by atoms with E-state index in [4.69, 9.17) is 0 Å². The highest BCUT2D eigenvalue weighted by Crippen LogP contribution is 2.00. The molecule has 0 spiro atoms. The van der Waals surface area contributed by atoms with Crippen molar-refractivity contribution in [1.29, 1.82) is 0 Å². The normalized spacial score (nSPS) is 18.9. The van der Waals surface area contributed by atoms with Gasteiger partial charge in [0.2, 0.25) is 0 Å². The van der Waals surface area contributed by atoms with Gasteiger partial charge >= 0.3 is 0 Å². The van der Waals surface area contributed by atoms with E-state index in [1.165, 1.54) is 5.57 Å². The molecule has 44 valence electrons. The van der Waals surface area contributed by atoms with E-state index in [2.05, 4.69) is 24.4 Å². The summed E-state index contributed by atoms with van der Waals surface area (Å²) in [5, 5.41) is 3.12. The Morgan fingerprint density at radius 3 is 3.38 bits per heavy atom. The molecule has 1 heterocycles. The standard InChI is InChI=1S/C7H11N/c1-7-3-2-5-8-6-4-7/h2,4-5,8H,3,6H2,1H3. The van der Waals surface area contributed by atoms with Crippen LogP contribution in [0.5, 0.6) is 0 Å². The third-order valence-electron chi connectivity index (χ3n) is 1.24. The zero-order chi connectivity index (χ0) is 5.82. The number of hydrogen-bond donors (Lipinski definition) is 1. The lowest BCUT2D eigenvalue weighted by Crippen LogP contribution is -2.01. The van der Waals surface area contributed by atoms with Crippen LogP contribution in [0.15, 0.2) is 23.9 Å². The summed E-state index contributed by atoms with van der Waals surface area (Å²) in [6.07, 6.45) is 7.46. The Morgan fingerprint density at radius 1 is 1.62 bits per heavy atom. The van der Waals surface area contributed by atoms with Crippen LogP contribution >= 0.6 is 0 Å². The van der Waals surface area contributed by atoms with Crippen molar-refractivity contribution in [1.82, 2.24) is 5.32 Å². The van der Waals surface area contributed by atoms with Crippen LogP contribution in [0.4, 0.5) is 0 Å². The molecule has 0 aliphatic carbocycles. The summed E-state index contributed by atoms with van der Waals surface area (Å²) in [5.41, 5.74) is 1.45. The van der Waals surface area contributed by atoms with Gasteiger partial charge in [-0.2, -0.15) is 0 Å². The third kappa shape index (κ3) is 1.41. The van der Waals surface area contributed by atoms with Crippen molar-refractivity contribution >= 4 is 0 Å². The first kappa shape index (κ1) is 5.42. The van der Waals surface area contributed by atoms with Crippen molar-refractivity contribution in [2.75, 3.05) is 6.54 Å². The molecule has 1 N–H and O–H groups in total. The Morgan fingerprint density at radius 2 is 2.50 bits per heavy atom.